The number of amides is 1. The van der Waals surface area contributed by atoms with Crippen molar-refractivity contribution in [3.05, 3.63) is 29.8 Å². The van der Waals surface area contributed by atoms with E-state index < -0.39 is 5.60 Å². The van der Waals surface area contributed by atoms with Crippen molar-refractivity contribution < 1.29 is 14.6 Å². The van der Waals surface area contributed by atoms with Gasteiger partial charge >= 0.3 is 6.09 Å². The van der Waals surface area contributed by atoms with Crippen LogP contribution in [0.4, 0.5) is 4.79 Å². The van der Waals surface area contributed by atoms with Crippen molar-refractivity contribution in [3.63, 3.8) is 0 Å². The summed E-state index contributed by atoms with van der Waals surface area (Å²) in [5.74, 6) is 0.916. The Morgan fingerprint density at radius 1 is 1.29 bits per heavy atom. The minimum absolute atomic E-state index is 0.268. The van der Waals surface area contributed by atoms with Gasteiger partial charge in [-0.3, -0.25) is 0 Å². The van der Waals surface area contributed by atoms with Crippen LogP contribution < -0.4 is 10.6 Å². The zero-order chi connectivity index (χ0) is 17.7. The summed E-state index contributed by atoms with van der Waals surface area (Å²) in [6, 6.07) is 7.87. The van der Waals surface area contributed by atoms with Crippen LogP contribution in [-0.4, -0.2) is 35.4 Å². The van der Waals surface area contributed by atoms with Gasteiger partial charge in [-0.15, -0.1) is 0 Å². The molecule has 1 aliphatic rings. The van der Waals surface area contributed by atoms with Gasteiger partial charge in [-0.2, -0.15) is 0 Å². The molecule has 1 amide bonds. The SMILES string of the molecule is CC(Cc1ccc(O)cc1)NC(CNC(=O)OC(C)(C)C)C1CC1. The number of phenols is 1. The zero-order valence-electron chi connectivity index (χ0n) is 15.1. The molecule has 0 saturated heterocycles. The average molecular weight is 334 g/mol. The molecule has 0 aromatic heterocycles. The third kappa shape index (κ3) is 6.79. The van der Waals surface area contributed by atoms with E-state index in [-0.39, 0.29) is 17.9 Å². The number of alkyl carbamates (subject to hydrolysis) is 1. The highest BCUT2D eigenvalue weighted by Gasteiger charge is 2.32. The first-order chi connectivity index (χ1) is 11.2. The number of nitrogens with one attached hydrogen (secondary N) is 2. The van der Waals surface area contributed by atoms with Crippen LogP contribution in [-0.2, 0) is 11.2 Å². The standard InChI is InChI=1S/C19H30N2O3/c1-13(11-14-5-9-16(22)10-6-14)21-17(15-7-8-15)12-20-18(23)24-19(2,3)4/h5-6,9-10,13,15,17,21-22H,7-8,11-12H2,1-4H3,(H,20,23). The molecule has 0 heterocycles. The summed E-state index contributed by atoms with van der Waals surface area (Å²) in [4.78, 5) is 11.8. The van der Waals surface area contributed by atoms with Crippen LogP contribution in [0, 0.1) is 5.92 Å². The van der Waals surface area contributed by atoms with Crippen LogP contribution in [0.3, 0.4) is 0 Å². The molecule has 0 bridgehead atoms. The molecule has 1 fully saturated rings. The third-order valence-corrected chi connectivity index (χ3v) is 4.03. The number of phenolic OH excluding ortho intramolecular Hbond substituents is 1. The topological polar surface area (TPSA) is 70.6 Å². The van der Waals surface area contributed by atoms with Crippen LogP contribution in [0.15, 0.2) is 24.3 Å². The minimum Gasteiger partial charge on any atom is -0.508 e. The smallest absolute Gasteiger partial charge is 0.407 e. The summed E-state index contributed by atoms with van der Waals surface area (Å²) in [6.45, 7) is 8.32. The summed E-state index contributed by atoms with van der Waals surface area (Å²) < 4.78 is 5.30. The molecular weight excluding hydrogens is 304 g/mol. The lowest BCUT2D eigenvalue weighted by Crippen LogP contribution is -2.47. The zero-order valence-corrected chi connectivity index (χ0v) is 15.1. The molecule has 1 aromatic rings. The fourth-order valence-electron chi connectivity index (χ4n) is 2.78. The molecule has 2 unspecified atom stereocenters. The predicted molar refractivity (Wildman–Crippen MR) is 95.2 cm³/mol. The molecule has 1 aliphatic carbocycles. The number of aromatic hydroxyl groups is 1. The van der Waals surface area contributed by atoms with Crippen LogP contribution in [0.1, 0.15) is 46.1 Å². The van der Waals surface area contributed by atoms with Crippen LogP contribution in [0.2, 0.25) is 0 Å². The van der Waals surface area contributed by atoms with Gasteiger partial charge < -0.3 is 20.5 Å². The Bertz CT molecular complexity index is 533. The van der Waals surface area contributed by atoms with Crippen molar-refractivity contribution in [2.45, 2.75) is 64.6 Å². The van der Waals surface area contributed by atoms with Gasteiger partial charge in [0.05, 0.1) is 0 Å². The highest BCUT2D eigenvalue weighted by molar-refractivity contribution is 5.67. The second-order valence-electron chi connectivity index (χ2n) is 7.77. The molecule has 5 nitrogen and oxygen atoms in total. The molecule has 24 heavy (non-hydrogen) atoms. The van der Waals surface area contributed by atoms with E-state index >= 15 is 0 Å². The van der Waals surface area contributed by atoms with E-state index in [4.69, 9.17) is 4.74 Å². The van der Waals surface area contributed by atoms with Crippen molar-refractivity contribution in [2.24, 2.45) is 5.92 Å². The number of carbonyl (C=O) groups excluding carboxylic acids is 1. The van der Waals surface area contributed by atoms with Crippen molar-refractivity contribution in [3.8, 4) is 5.75 Å². The van der Waals surface area contributed by atoms with E-state index in [0.717, 1.165) is 6.42 Å². The molecule has 2 rings (SSSR count). The molecule has 1 aromatic carbocycles. The van der Waals surface area contributed by atoms with E-state index in [2.05, 4.69) is 17.6 Å². The third-order valence-electron chi connectivity index (χ3n) is 4.03. The largest absolute Gasteiger partial charge is 0.508 e. The molecule has 0 radical (unpaired) electrons. The summed E-state index contributed by atoms with van der Waals surface area (Å²) in [5, 5.41) is 15.9. The van der Waals surface area contributed by atoms with Gasteiger partial charge in [0.15, 0.2) is 0 Å². The molecule has 2 atom stereocenters. The summed E-state index contributed by atoms with van der Waals surface area (Å²) in [7, 11) is 0. The van der Waals surface area contributed by atoms with E-state index in [9.17, 15) is 9.90 Å². The number of hydrogen-bond acceptors (Lipinski definition) is 4. The second-order valence-corrected chi connectivity index (χ2v) is 7.77. The number of carbonyl (C=O) groups is 1. The normalized spacial score (nSPS) is 17.2. The lowest BCUT2D eigenvalue weighted by Gasteiger charge is -2.25. The molecule has 0 spiro atoms. The molecule has 3 N–H and O–H groups in total. The molecule has 0 aliphatic heterocycles. The minimum atomic E-state index is -0.473. The Morgan fingerprint density at radius 3 is 2.46 bits per heavy atom. The van der Waals surface area contributed by atoms with Crippen LogP contribution >= 0.6 is 0 Å². The van der Waals surface area contributed by atoms with E-state index in [0.29, 0.717) is 18.5 Å². The van der Waals surface area contributed by atoms with Gasteiger partial charge in [0, 0.05) is 18.6 Å². The fraction of sp³-hybridized carbons (Fsp3) is 0.632. The Hall–Kier alpha value is -1.75. The van der Waals surface area contributed by atoms with E-state index in [1.165, 1.54) is 18.4 Å². The summed E-state index contributed by atoms with van der Waals surface area (Å²) in [5.41, 5.74) is 0.709. The van der Waals surface area contributed by atoms with Gasteiger partial charge in [0.25, 0.3) is 0 Å². The summed E-state index contributed by atoms with van der Waals surface area (Å²) >= 11 is 0. The first-order valence-corrected chi connectivity index (χ1v) is 8.74. The van der Waals surface area contributed by atoms with Gasteiger partial charge in [0.2, 0.25) is 0 Å². The monoisotopic (exact) mass is 334 g/mol. The summed E-state index contributed by atoms with van der Waals surface area (Å²) in [6.07, 6.45) is 2.94. The first-order valence-electron chi connectivity index (χ1n) is 8.74. The molecular formula is C19H30N2O3. The number of rotatable bonds is 7. The van der Waals surface area contributed by atoms with E-state index in [1.807, 2.05) is 32.9 Å². The maximum atomic E-state index is 11.8. The Kier molecular flexibility index (Phi) is 6.10. The van der Waals surface area contributed by atoms with Crippen LogP contribution in [0.5, 0.6) is 5.75 Å². The maximum absolute atomic E-state index is 11.8. The highest BCUT2D eigenvalue weighted by atomic mass is 16.6. The number of hydrogen-bond donors (Lipinski definition) is 3. The van der Waals surface area contributed by atoms with Gasteiger partial charge in [-0.25, -0.2) is 4.79 Å². The lowest BCUT2D eigenvalue weighted by atomic mass is 10.0. The molecule has 1 saturated carbocycles. The number of benzene rings is 1. The van der Waals surface area contributed by atoms with Gasteiger partial charge in [0.1, 0.15) is 11.4 Å². The van der Waals surface area contributed by atoms with E-state index in [1.54, 1.807) is 12.1 Å². The van der Waals surface area contributed by atoms with Crippen molar-refractivity contribution in [2.75, 3.05) is 6.54 Å². The predicted octanol–water partition coefficient (Wildman–Crippen LogP) is 3.22. The Balaban J connectivity index is 1.80. The first kappa shape index (κ1) is 18.6. The highest BCUT2D eigenvalue weighted by Crippen LogP contribution is 2.32. The van der Waals surface area contributed by atoms with Crippen molar-refractivity contribution in [1.82, 2.24) is 10.6 Å². The molecule has 134 valence electrons. The fourth-order valence-corrected chi connectivity index (χ4v) is 2.78. The van der Waals surface area contributed by atoms with Crippen molar-refractivity contribution in [1.29, 1.82) is 0 Å². The van der Waals surface area contributed by atoms with Gasteiger partial charge in [-0.1, -0.05) is 12.1 Å². The van der Waals surface area contributed by atoms with Crippen LogP contribution in [0.25, 0.3) is 0 Å². The lowest BCUT2D eigenvalue weighted by molar-refractivity contribution is 0.0520. The average Bonchev–Trinajstić information content (AvgIpc) is 3.28. The maximum Gasteiger partial charge on any atom is 0.407 e. The second kappa shape index (κ2) is 7.88. The Morgan fingerprint density at radius 2 is 1.92 bits per heavy atom. The van der Waals surface area contributed by atoms with Gasteiger partial charge in [-0.05, 0) is 70.6 Å². The molecule has 5 heteroatoms. The van der Waals surface area contributed by atoms with Crippen molar-refractivity contribution >= 4 is 6.09 Å². The Labute approximate surface area is 144 Å². The quantitative estimate of drug-likeness (QED) is 0.716. The number of ether oxygens (including phenoxy) is 1.